The summed E-state index contributed by atoms with van der Waals surface area (Å²) in [6, 6.07) is 1.17. The molecule has 1 aliphatic rings. The number of aliphatic hydroxyl groups is 1. The fraction of sp³-hybridized carbons (Fsp3) is 0.400. The fourth-order valence-corrected chi connectivity index (χ4v) is 1.98. The maximum Gasteiger partial charge on any atom is 0.331 e. The van der Waals surface area contributed by atoms with Gasteiger partial charge in [0.15, 0.2) is 0 Å². The molecule has 17 heavy (non-hydrogen) atoms. The predicted octanol–water partition coefficient (Wildman–Crippen LogP) is -0.0625. The zero-order valence-corrected chi connectivity index (χ0v) is 9.77. The first-order chi connectivity index (χ1) is 7.84. The average molecular weight is 259 g/mol. The molecule has 0 aliphatic carbocycles. The molecule has 2 rings (SSSR count). The molecule has 0 aromatic carbocycles. The van der Waals surface area contributed by atoms with Crippen LogP contribution in [-0.4, -0.2) is 25.6 Å². The van der Waals surface area contributed by atoms with E-state index in [4.69, 9.17) is 16.3 Å². The summed E-state index contributed by atoms with van der Waals surface area (Å²) < 4.78 is 6.37. The third-order valence-corrected chi connectivity index (χ3v) is 3.08. The highest BCUT2D eigenvalue weighted by Gasteiger charge is 2.50. The van der Waals surface area contributed by atoms with Gasteiger partial charge in [0.05, 0.1) is 0 Å². The number of aliphatic hydroxyl groups excluding tert-OH is 1. The van der Waals surface area contributed by atoms with Crippen LogP contribution in [0.2, 0.25) is 0 Å². The van der Waals surface area contributed by atoms with Crippen LogP contribution in [-0.2, 0) is 4.74 Å². The van der Waals surface area contributed by atoms with Gasteiger partial charge in [-0.25, -0.2) is 4.79 Å². The van der Waals surface area contributed by atoms with E-state index in [1.54, 1.807) is 0 Å². The Morgan fingerprint density at radius 1 is 1.65 bits per heavy atom. The maximum absolute atomic E-state index is 11.6. The quantitative estimate of drug-likeness (QED) is 0.691. The number of nitrogens with zero attached hydrogens (tertiary/aromatic N) is 1. The van der Waals surface area contributed by atoms with Crippen molar-refractivity contribution in [1.29, 1.82) is 0 Å². The molecule has 1 aliphatic heterocycles. The molecule has 0 saturated carbocycles. The standard InChI is InChI=1S/C10H11ClN2O4/c1-5-7(15)10(2,11)8(17-5)13-4-3-6(14)12-9(13)16/h3-4,7-8,15H,1H2,2H3,(H,12,14,16)/t7?,8-,10-/m1/s1. The summed E-state index contributed by atoms with van der Waals surface area (Å²) in [6.07, 6.45) is -0.748. The molecular weight excluding hydrogens is 248 g/mol. The van der Waals surface area contributed by atoms with Crippen LogP contribution in [0.1, 0.15) is 13.2 Å². The zero-order valence-electron chi connectivity index (χ0n) is 9.01. The van der Waals surface area contributed by atoms with Gasteiger partial charge < -0.3 is 9.84 Å². The van der Waals surface area contributed by atoms with Crippen molar-refractivity contribution in [1.82, 2.24) is 9.55 Å². The van der Waals surface area contributed by atoms with E-state index in [2.05, 4.69) is 11.6 Å². The first kappa shape index (κ1) is 11.9. The van der Waals surface area contributed by atoms with Crippen LogP contribution in [0.5, 0.6) is 0 Å². The summed E-state index contributed by atoms with van der Waals surface area (Å²) in [5.41, 5.74) is -1.17. The van der Waals surface area contributed by atoms with E-state index < -0.39 is 28.5 Å². The zero-order chi connectivity index (χ0) is 12.8. The second-order valence-electron chi connectivity index (χ2n) is 4.01. The van der Waals surface area contributed by atoms with Crippen LogP contribution in [0.3, 0.4) is 0 Å². The topological polar surface area (TPSA) is 84.3 Å². The second kappa shape index (κ2) is 3.75. The van der Waals surface area contributed by atoms with Gasteiger partial charge in [-0.05, 0) is 6.92 Å². The van der Waals surface area contributed by atoms with Crippen LogP contribution in [0.4, 0.5) is 0 Å². The number of alkyl halides is 1. The maximum atomic E-state index is 11.6. The van der Waals surface area contributed by atoms with Gasteiger partial charge in [-0.3, -0.25) is 14.3 Å². The Morgan fingerprint density at radius 2 is 2.29 bits per heavy atom. The molecule has 1 aromatic heterocycles. The number of rotatable bonds is 1. The Hall–Kier alpha value is -1.53. The van der Waals surface area contributed by atoms with Crippen molar-refractivity contribution in [3.63, 3.8) is 0 Å². The summed E-state index contributed by atoms with van der Waals surface area (Å²) in [6.45, 7) is 5.04. The predicted molar refractivity (Wildman–Crippen MR) is 60.8 cm³/mol. The van der Waals surface area contributed by atoms with Gasteiger partial charge in [-0.2, -0.15) is 0 Å². The minimum atomic E-state index is -1.22. The van der Waals surface area contributed by atoms with Crippen molar-refractivity contribution in [3.8, 4) is 0 Å². The summed E-state index contributed by atoms with van der Waals surface area (Å²) in [5.74, 6) is 0.0885. The second-order valence-corrected chi connectivity index (χ2v) is 4.82. The molecule has 0 amide bonds. The minimum Gasteiger partial charge on any atom is -0.470 e. The molecule has 0 spiro atoms. The molecule has 2 heterocycles. The first-order valence-corrected chi connectivity index (χ1v) is 5.25. The molecule has 1 aromatic rings. The number of hydrogen-bond donors (Lipinski definition) is 2. The van der Waals surface area contributed by atoms with E-state index in [-0.39, 0.29) is 5.76 Å². The van der Waals surface area contributed by atoms with Gasteiger partial charge in [0.1, 0.15) is 16.7 Å². The molecule has 3 atom stereocenters. The normalized spacial score (nSPS) is 32.5. The van der Waals surface area contributed by atoms with E-state index in [0.29, 0.717) is 0 Å². The number of H-pyrrole nitrogens is 1. The minimum absolute atomic E-state index is 0.0885. The summed E-state index contributed by atoms with van der Waals surface area (Å²) in [7, 11) is 0. The molecule has 6 nitrogen and oxygen atoms in total. The van der Waals surface area contributed by atoms with Crippen LogP contribution >= 0.6 is 11.6 Å². The lowest BCUT2D eigenvalue weighted by molar-refractivity contribution is 0.0740. The van der Waals surface area contributed by atoms with E-state index in [1.165, 1.54) is 19.2 Å². The van der Waals surface area contributed by atoms with Crippen molar-refractivity contribution in [2.45, 2.75) is 24.1 Å². The Balaban J connectivity index is 2.52. The third kappa shape index (κ3) is 1.79. The van der Waals surface area contributed by atoms with Gasteiger partial charge in [-0.1, -0.05) is 6.58 Å². The molecule has 92 valence electrons. The number of nitrogens with one attached hydrogen (secondary N) is 1. The van der Waals surface area contributed by atoms with Gasteiger partial charge in [0.25, 0.3) is 5.56 Å². The van der Waals surface area contributed by atoms with Crippen molar-refractivity contribution in [2.24, 2.45) is 0 Å². The highest BCUT2D eigenvalue weighted by Crippen LogP contribution is 2.43. The average Bonchev–Trinajstić information content (AvgIpc) is 2.43. The lowest BCUT2D eigenvalue weighted by Crippen LogP contribution is -2.41. The van der Waals surface area contributed by atoms with Crippen molar-refractivity contribution >= 4 is 11.6 Å². The van der Waals surface area contributed by atoms with Crippen molar-refractivity contribution < 1.29 is 9.84 Å². The summed E-state index contributed by atoms with van der Waals surface area (Å²) >= 11 is 6.14. The molecule has 1 saturated heterocycles. The van der Waals surface area contributed by atoms with Crippen LogP contribution in [0, 0.1) is 0 Å². The van der Waals surface area contributed by atoms with E-state index >= 15 is 0 Å². The monoisotopic (exact) mass is 258 g/mol. The number of halogens is 1. The molecule has 1 fully saturated rings. The van der Waals surface area contributed by atoms with Crippen LogP contribution in [0.25, 0.3) is 0 Å². The number of ether oxygens (including phenoxy) is 1. The number of aromatic nitrogens is 2. The van der Waals surface area contributed by atoms with Crippen LogP contribution in [0.15, 0.2) is 34.2 Å². The molecule has 7 heteroatoms. The fourth-order valence-electron chi connectivity index (χ4n) is 1.71. The third-order valence-electron chi connectivity index (χ3n) is 2.69. The Morgan fingerprint density at radius 3 is 2.76 bits per heavy atom. The lowest BCUT2D eigenvalue weighted by atomic mass is 10.0. The highest BCUT2D eigenvalue weighted by atomic mass is 35.5. The Kier molecular flexibility index (Phi) is 2.63. The molecule has 1 unspecified atom stereocenters. The molecule has 0 radical (unpaired) electrons. The first-order valence-electron chi connectivity index (χ1n) is 4.88. The van der Waals surface area contributed by atoms with Crippen molar-refractivity contribution in [2.75, 3.05) is 0 Å². The van der Waals surface area contributed by atoms with Gasteiger partial charge in [-0.15, -0.1) is 11.6 Å². The summed E-state index contributed by atoms with van der Waals surface area (Å²) in [4.78, 5) is 23.4. The van der Waals surface area contributed by atoms with E-state index in [0.717, 1.165) is 4.57 Å². The Bertz CT molecular complexity index is 574. The summed E-state index contributed by atoms with van der Waals surface area (Å²) in [5, 5.41) is 9.76. The lowest BCUT2D eigenvalue weighted by Gasteiger charge is -2.25. The largest absolute Gasteiger partial charge is 0.470 e. The molecule has 2 N–H and O–H groups in total. The van der Waals surface area contributed by atoms with Crippen LogP contribution < -0.4 is 11.2 Å². The smallest absolute Gasteiger partial charge is 0.331 e. The Labute approximate surface area is 101 Å². The highest BCUT2D eigenvalue weighted by molar-refractivity contribution is 6.24. The van der Waals surface area contributed by atoms with Crippen molar-refractivity contribution in [3.05, 3.63) is 45.4 Å². The molecular formula is C10H11ClN2O4. The number of aromatic amines is 1. The van der Waals surface area contributed by atoms with Gasteiger partial charge in [0.2, 0.25) is 6.23 Å². The number of hydrogen-bond acceptors (Lipinski definition) is 4. The van der Waals surface area contributed by atoms with E-state index in [9.17, 15) is 14.7 Å². The SMILES string of the molecule is C=C1O[C@@H](n2ccc(=O)[nH]c2=O)[C@](C)(Cl)C1O. The van der Waals surface area contributed by atoms with Gasteiger partial charge >= 0.3 is 5.69 Å². The molecule has 0 bridgehead atoms. The van der Waals surface area contributed by atoms with Gasteiger partial charge in [0, 0.05) is 12.3 Å². The van der Waals surface area contributed by atoms with E-state index in [1.807, 2.05) is 0 Å².